The van der Waals surface area contributed by atoms with Crippen molar-refractivity contribution in [3.8, 4) is 0 Å². The summed E-state index contributed by atoms with van der Waals surface area (Å²) in [6, 6.07) is 5.78. The van der Waals surface area contributed by atoms with Crippen molar-refractivity contribution in [2.24, 2.45) is 5.92 Å². The minimum atomic E-state index is 0.0753. The quantitative estimate of drug-likeness (QED) is 0.872. The average molecular weight is 332 g/mol. The zero-order chi connectivity index (χ0) is 13.1. The number of carbonyl (C=O) groups is 1. The van der Waals surface area contributed by atoms with E-state index >= 15 is 0 Å². The summed E-state index contributed by atoms with van der Waals surface area (Å²) in [7, 11) is 0. The van der Waals surface area contributed by atoms with Gasteiger partial charge in [-0.1, -0.05) is 11.6 Å². The molecule has 3 nitrogen and oxygen atoms in total. The van der Waals surface area contributed by atoms with Crippen LogP contribution >= 0.6 is 27.5 Å². The monoisotopic (exact) mass is 330 g/mol. The van der Waals surface area contributed by atoms with Gasteiger partial charge >= 0.3 is 0 Å². The van der Waals surface area contributed by atoms with Gasteiger partial charge in [-0.3, -0.25) is 4.79 Å². The van der Waals surface area contributed by atoms with Gasteiger partial charge < -0.3 is 10.6 Å². The van der Waals surface area contributed by atoms with Crippen LogP contribution in [0.15, 0.2) is 22.7 Å². The van der Waals surface area contributed by atoms with Gasteiger partial charge in [-0.2, -0.15) is 0 Å². The molecule has 1 aliphatic rings. The van der Waals surface area contributed by atoms with E-state index in [1.165, 1.54) is 0 Å². The third-order valence-corrected chi connectivity index (χ3v) is 4.11. The summed E-state index contributed by atoms with van der Waals surface area (Å²) >= 11 is 9.34. The first kappa shape index (κ1) is 13.8. The van der Waals surface area contributed by atoms with Crippen LogP contribution in [0, 0.1) is 5.92 Å². The molecule has 98 valence electrons. The molecule has 1 saturated heterocycles. The summed E-state index contributed by atoms with van der Waals surface area (Å²) in [4.78, 5) is 12.2. The number of hydrogen-bond donors (Lipinski definition) is 2. The van der Waals surface area contributed by atoms with E-state index in [1.54, 1.807) is 12.1 Å². The Morgan fingerprint density at radius 3 is 3.06 bits per heavy atom. The second-order valence-electron chi connectivity index (χ2n) is 4.69. The molecule has 2 atom stereocenters. The van der Waals surface area contributed by atoms with E-state index in [-0.39, 0.29) is 11.8 Å². The van der Waals surface area contributed by atoms with Crippen molar-refractivity contribution in [2.45, 2.75) is 25.8 Å². The molecule has 1 aromatic rings. The molecule has 2 unspecified atom stereocenters. The van der Waals surface area contributed by atoms with Crippen LogP contribution in [0.4, 0.5) is 5.69 Å². The zero-order valence-electron chi connectivity index (χ0n) is 10.2. The molecule has 2 rings (SSSR count). The van der Waals surface area contributed by atoms with Crippen molar-refractivity contribution < 1.29 is 4.79 Å². The molecule has 0 radical (unpaired) electrons. The molecule has 0 bridgehead atoms. The summed E-state index contributed by atoms with van der Waals surface area (Å²) in [6.07, 6.45) is 1.76. The number of nitrogens with one attached hydrogen (secondary N) is 2. The normalized spacial score (nSPS) is 23.7. The number of anilines is 1. The van der Waals surface area contributed by atoms with Gasteiger partial charge in [0.25, 0.3) is 0 Å². The van der Waals surface area contributed by atoms with Crippen LogP contribution < -0.4 is 10.6 Å². The molecule has 1 aliphatic heterocycles. The first-order valence-corrected chi connectivity index (χ1v) is 7.22. The Morgan fingerprint density at radius 2 is 2.33 bits per heavy atom. The number of benzene rings is 1. The summed E-state index contributed by atoms with van der Waals surface area (Å²) in [5.41, 5.74) is 0.735. The van der Waals surface area contributed by atoms with Crippen molar-refractivity contribution in [3.63, 3.8) is 0 Å². The first-order valence-electron chi connectivity index (χ1n) is 6.05. The van der Waals surface area contributed by atoms with Crippen molar-refractivity contribution in [2.75, 3.05) is 11.9 Å². The number of hydrogen-bond acceptors (Lipinski definition) is 2. The van der Waals surface area contributed by atoms with E-state index in [0.29, 0.717) is 11.1 Å². The lowest BCUT2D eigenvalue weighted by Crippen LogP contribution is -2.40. The van der Waals surface area contributed by atoms with E-state index < -0.39 is 0 Å². The Hall–Kier alpha value is -0.580. The predicted octanol–water partition coefficient (Wildman–Crippen LogP) is 3.43. The third-order valence-electron chi connectivity index (χ3n) is 3.18. The second kappa shape index (κ2) is 6.04. The lowest BCUT2D eigenvalue weighted by atomic mass is 9.92. The number of halogens is 2. The summed E-state index contributed by atoms with van der Waals surface area (Å²) < 4.78 is 0.849. The van der Waals surface area contributed by atoms with Crippen LogP contribution in [-0.4, -0.2) is 18.5 Å². The maximum absolute atomic E-state index is 12.2. The van der Waals surface area contributed by atoms with Gasteiger partial charge in [-0.25, -0.2) is 0 Å². The van der Waals surface area contributed by atoms with Crippen molar-refractivity contribution >= 4 is 39.1 Å². The molecule has 5 heteroatoms. The number of amides is 1. The molecule has 1 amide bonds. The van der Waals surface area contributed by atoms with E-state index in [2.05, 4.69) is 33.5 Å². The summed E-state index contributed by atoms with van der Waals surface area (Å²) in [6.45, 7) is 3.00. The minimum Gasteiger partial charge on any atom is -0.325 e. The Balaban J connectivity index is 2.04. The Kier molecular flexibility index (Phi) is 4.65. The van der Waals surface area contributed by atoms with Gasteiger partial charge in [0.2, 0.25) is 5.91 Å². The fourth-order valence-electron chi connectivity index (χ4n) is 2.20. The number of carbonyl (C=O) groups excluding carboxylic acids is 1. The highest BCUT2D eigenvalue weighted by Crippen LogP contribution is 2.27. The van der Waals surface area contributed by atoms with E-state index in [1.807, 2.05) is 6.07 Å². The fourth-order valence-corrected chi connectivity index (χ4v) is 2.72. The topological polar surface area (TPSA) is 41.1 Å². The van der Waals surface area contributed by atoms with E-state index in [0.717, 1.165) is 29.5 Å². The molecule has 0 saturated carbocycles. The lowest BCUT2D eigenvalue weighted by molar-refractivity contribution is -0.120. The fraction of sp³-hybridized carbons (Fsp3) is 0.462. The summed E-state index contributed by atoms with van der Waals surface area (Å²) in [5.74, 6) is 0.151. The van der Waals surface area contributed by atoms with E-state index in [4.69, 9.17) is 11.6 Å². The molecular weight excluding hydrogens is 316 g/mol. The highest BCUT2D eigenvalue weighted by Gasteiger charge is 2.25. The van der Waals surface area contributed by atoms with Crippen LogP contribution in [0.5, 0.6) is 0 Å². The molecule has 2 N–H and O–H groups in total. The molecule has 0 spiro atoms. The molecule has 1 fully saturated rings. The molecule has 1 aromatic carbocycles. The average Bonchev–Trinajstić information content (AvgIpc) is 2.34. The smallest absolute Gasteiger partial charge is 0.227 e. The Morgan fingerprint density at radius 1 is 1.56 bits per heavy atom. The van der Waals surface area contributed by atoms with Crippen LogP contribution in [0.1, 0.15) is 19.8 Å². The van der Waals surface area contributed by atoms with Gasteiger partial charge in [0.1, 0.15) is 0 Å². The molecule has 18 heavy (non-hydrogen) atoms. The van der Waals surface area contributed by atoms with Gasteiger partial charge in [-0.05, 0) is 60.4 Å². The minimum absolute atomic E-state index is 0.0753. The molecule has 0 aliphatic carbocycles. The molecular formula is C13H16BrClN2O. The van der Waals surface area contributed by atoms with Crippen molar-refractivity contribution in [1.29, 1.82) is 0 Å². The van der Waals surface area contributed by atoms with Crippen LogP contribution in [0.3, 0.4) is 0 Å². The largest absolute Gasteiger partial charge is 0.325 e. The van der Waals surface area contributed by atoms with Crippen LogP contribution in [0.25, 0.3) is 0 Å². The van der Waals surface area contributed by atoms with Crippen LogP contribution in [0.2, 0.25) is 5.02 Å². The Labute approximate surface area is 120 Å². The maximum atomic E-state index is 12.2. The highest BCUT2D eigenvalue weighted by atomic mass is 79.9. The first-order chi connectivity index (χ1) is 8.56. The SMILES string of the molecule is CC1CC(C(=O)Nc2cc(Cl)ccc2Br)CCN1. The standard InChI is InChI=1S/C13H16BrClN2O/c1-8-6-9(4-5-16-8)13(18)17-12-7-10(15)2-3-11(12)14/h2-3,7-9,16H,4-6H2,1H3,(H,17,18). The van der Waals surface area contributed by atoms with Crippen molar-refractivity contribution in [3.05, 3.63) is 27.7 Å². The zero-order valence-corrected chi connectivity index (χ0v) is 12.5. The van der Waals surface area contributed by atoms with Crippen LogP contribution in [-0.2, 0) is 4.79 Å². The molecule has 1 heterocycles. The van der Waals surface area contributed by atoms with E-state index in [9.17, 15) is 4.79 Å². The predicted molar refractivity (Wildman–Crippen MR) is 78.0 cm³/mol. The number of piperidine rings is 1. The summed E-state index contributed by atoms with van der Waals surface area (Å²) in [5, 5.41) is 6.90. The lowest BCUT2D eigenvalue weighted by Gasteiger charge is -2.27. The van der Waals surface area contributed by atoms with Crippen molar-refractivity contribution in [1.82, 2.24) is 5.32 Å². The highest BCUT2D eigenvalue weighted by molar-refractivity contribution is 9.10. The maximum Gasteiger partial charge on any atom is 0.227 e. The molecule has 0 aromatic heterocycles. The second-order valence-corrected chi connectivity index (χ2v) is 5.98. The third kappa shape index (κ3) is 3.46. The van der Waals surface area contributed by atoms with Gasteiger partial charge in [0.05, 0.1) is 5.69 Å². The van der Waals surface area contributed by atoms with Gasteiger partial charge in [0.15, 0.2) is 0 Å². The Bertz CT molecular complexity index is 453. The van der Waals surface area contributed by atoms with Gasteiger partial charge in [0, 0.05) is 21.5 Å². The van der Waals surface area contributed by atoms with Gasteiger partial charge in [-0.15, -0.1) is 0 Å². The number of rotatable bonds is 2.